The fourth-order valence-corrected chi connectivity index (χ4v) is 1.27. The lowest BCUT2D eigenvalue weighted by Gasteiger charge is -2.09. The minimum atomic E-state index is 0.107. The molecule has 14 heavy (non-hydrogen) atoms. The Morgan fingerprint density at radius 3 is 2.71 bits per heavy atom. The van der Waals surface area contributed by atoms with Crippen molar-refractivity contribution >= 4 is 11.6 Å². The van der Waals surface area contributed by atoms with Gasteiger partial charge in [0.05, 0.1) is 6.10 Å². The largest absolute Gasteiger partial charge is 0.475 e. The highest BCUT2D eigenvalue weighted by atomic mass is 35.5. The quantitative estimate of drug-likeness (QED) is 0.723. The molecule has 0 saturated heterocycles. The average Bonchev–Trinajstić information content (AvgIpc) is 2.01. The van der Waals surface area contributed by atoms with Crippen molar-refractivity contribution in [1.82, 2.24) is 9.97 Å². The summed E-state index contributed by atoms with van der Waals surface area (Å²) in [4.78, 5) is 8.35. The molecule has 0 bridgehead atoms. The van der Waals surface area contributed by atoms with Crippen molar-refractivity contribution in [1.29, 1.82) is 0 Å². The SMILES string of the molecule is CCCc1nc(Cl)cc(OC(C)C)n1. The number of ether oxygens (including phenoxy) is 1. The van der Waals surface area contributed by atoms with Gasteiger partial charge in [-0.2, -0.15) is 4.98 Å². The number of halogens is 1. The van der Waals surface area contributed by atoms with Crippen molar-refractivity contribution in [2.75, 3.05) is 0 Å². The first kappa shape index (κ1) is 11.2. The Kier molecular flexibility index (Phi) is 4.14. The molecule has 1 aromatic rings. The van der Waals surface area contributed by atoms with E-state index in [4.69, 9.17) is 16.3 Å². The van der Waals surface area contributed by atoms with Gasteiger partial charge in [0.15, 0.2) is 0 Å². The molecule has 78 valence electrons. The highest BCUT2D eigenvalue weighted by Crippen LogP contribution is 2.15. The van der Waals surface area contributed by atoms with E-state index in [1.807, 2.05) is 13.8 Å². The van der Waals surface area contributed by atoms with Gasteiger partial charge in [-0.3, -0.25) is 0 Å². The molecule has 0 radical (unpaired) electrons. The van der Waals surface area contributed by atoms with Gasteiger partial charge in [-0.05, 0) is 20.3 Å². The summed E-state index contributed by atoms with van der Waals surface area (Å²) in [6.45, 7) is 5.98. The van der Waals surface area contributed by atoms with Crippen LogP contribution in [0.3, 0.4) is 0 Å². The molecule has 0 aliphatic carbocycles. The molecule has 1 aromatic heterocycles. The third kappa shape index (κ3) is 3.50. The van der Waals surface area contributed by atoms with Crippen LogP contribution >= 0.6 is 11.6 Å². The van der Waals surface area contributed by atoms with E-state index in [1.165, 1.54) is 0 Å². The third-order valence-electron chi connectivity index (χ3n) is 1.55. The van der Waals surface area contributed by atoms with Gasteiger partial charge in [0.2, 0.25) is 5.88 Å². The third-order valence-corrected chi connectivity index (χ3v) is 1.74. The summed E-state index contributed by atoms with van der Waals surface area (Å²) >= 11 is 5.84. The van der Waals surface area contributed by atoms with Crippen LogP contribution in [0.5, 0.6) is 5.88 Å². The molecule has 0 unspecified atom stereocenters. The first-order valence-corrected chi connectivity index (χ1v) is 5.19. The Bertz CT molecular complexity index is 302. The van der Waals surface area contributed by atoms with Crippen LogP contribution in [0.25, 0.3) is 0 Å². The molecule has 0 aliphatic rings. The van der Waals surface area contributed by atoms with Crippen LogP contribution in [0.4, 0.5) is 0 Å². The summed E-state index contributed by atoms with van der Waals surface area (Å²) in [5.41, 5.74) is 0. The molecule has 0 aromatic carbocycles. The lowest BCUT2D eigenvalue weighted by atomic mass is 10.3. The number of nitrogens with zero attached hydrogens (tertiary/aromatic N) is 2. The molecule has 4 heteroatoms. The first-order valence-electron chi connectivity index (χ1n) is 4.82. The second-order valence-electron chi connectivity index (χ2n) is 3.36. The van der Waals surface area contributed by atoms with E-state index in [0.717, 1.165) is 18.7 Å². The van der Waals surface area contributed by atoms with Crippen molar-refractivity contribution < 1.29 is 4.74 Å². The van der Waals surface area contributed by atoms with Gasteiger partial charge in [-0.25, -0.2) is 4.98 Å². The molecule has 0 spiro atoms. The van der Waals surface area contributed by atoms with Crippen molar-refractivity contribution in [2.45, 2.75) is 39.7 Å². The number of aryl methyl sites for hydroxylation is 1. The van der Waals surface area contributed by atoms with Gasteiger partial charge in [0.1, 0.15) is 11.0 Å². The number of rotatable bonds is 4. The van der Waals surface area contributed by atoms with Crippen molar-refractivity contribution in [3.05, 3.63) is 17.0 Å². The van der Waals surface area contributed by atoms with Crippen molar-refractivity contribution in [3.8, 4) is 5.88 Å². The zero-order valence-electron chi connectivity index (χ0n) is 8.75. The standard InChI is InChI=1S/C10H15ClN2O/c1-4-5-9-12-8(11)6-10(13-9)14-7(2)3/h6-7H,4-5H2,1-3H3. The average molecular weight is 215 g/mol. The summed E-state index contributed by atoms with van der Waals surface area (Å²) < 4.78 is 5.45. The fourth-order valence-electron chi connectivity index (χ4n) is 1.08. The topological polar surface area (TPSA) is 35.0 Å². The van der Waals surface area contributed by atoms with Crippen LogP contribution in [-0.2, 0) is 6.42 Å². The van der Waals surface area contributed by atoms with Gasteiger partial charge in [0, 0.05) is 12.5 Å². The van der Waals surface area contributed by atoms with E-state index in [-0.39, 0.29) is 6.10 Å². The second kappa shape index (κ2) is 5.15. The molecule has 0 saturated carbocycles. The van der Waals surface area contributed by atoms with Crippen LogP contribution in [-0.4, -0.2) is 16.1 Å². The highest BCUT2D eigenvalue weighted by molar-refractivity contribution is 6.29. The first-order chi connectivity index (χ1) is 6.61. The summed E-state index contributed by atoms with van der Waals surface area (Å²) in [6.07, 6.45) is 1.94. The maximum absolute atomic E-state index is 5.84. The van der Waals surface area contributed by atoms with E-state index in [2.05, 4.69) is 16.9 Å². The van der Waals surface area contributed by atoms with Gasteiger partial charge in [0.25, 0.3) is 0 Å². The Morgan fingerprint density at radius 2 is 2.14 bits per heavy atom. The molecular formula is C10H15ClN2O. The number of aromatic nitrogens is 2. The van der Waals surface area contributed by atoms with Crippen molar-refractivity contribution in [3.63, 3.8) is 0 Å². The van der Waals surface area contributed by atoms with Crippen LogP contribution in [0.2, 0.25) is 5.15 Å². The minimum Gasteiger partial charge on any atom is -0.475 e. The Hall–Kier alpha value is -0.830. The van der Waals surface area contributed by atoms with Gasteiger partial charge in [-0.1, -0.05) is 18.5 Å². The Balaban J connectivity index is 2.83. The van der Waals surface area contributed by atoms with E-state index in [9.17, 15) is 0 Å². The van der Waals surface area contributed by atoms with Gasteiger partial charge in [-0.15, -0.1) is 0 Å². The molecule has 0 amide bonds. The smallest absolute Gasteiger partial charge is 0.218 e. The van der Waals surface area contributed by atoms with Crippen molar-refractivity contribution in [2.24, 2.45) is 0 Å². The molecule has 1 rings (SSSR count). The van der Waals surface area contributed by atoms with Crippen LogP contribution in [0, 0.1) is 0 Å². The number of hydrogen-bond acceptors (Lipinski definition) is 3. The molecule has 0 N–H and O–H groups in total. The van der Waals surface area contributed by atoms with E-state index in [1.54, 1.807) is 6.07 Å². The summed E-state index contributed by atoms with van der Waals surface area (Å²) in [7, 11) is 0. The summed E-state index contributed by atoms with van der Waals surface area (Å²) in [5.74, 6) is 1.30. The molecule has 0 atom stereocenters. The zero-order chi connectivity index (χ0) is 10.6. The van der Waals surface area contributed by atoms with Gasteiger partial charge < -0.3 is 4.74 Å². The Labute approximate surface area is 89.5 Å². The van der Waals surface area contributed by atoms with Crippen LogP contribution in [0.1, 0.15) is 33.0 Å². The Morgan fingerprint density at radius 1 is 1.43 bits per heavy atom. The fraction of sp³-hybridized carbons (Fsp3) is 0.600. The second-order valence-corrected chi connectivity index (χ2v) is 3.75. The predicted molar refractivity (Wildman–Crippen MR) is 56.8 cm³/mol. The van der Waals surface area contributed by atoms with Crippen LogP contribution < -0.4 is 4.74 Å². The van der Waals surface area contributed by atoms with Crippen LogP contribution in [0.15, 0.2) is 6.07 Å². The predicted octanol–water partition coefficient (Wildman–Crippen LogP) is 2.87. The molecule has 1 heterocycles. The molecule has 0 fully saturated rings. The minimum absolute atomic E-state index is 0.107. The van der Waals surface area contributed by atoms with E-state index < -0.39 is 0 Å². The van der Waals surface area contributed by atoms with E-state index >= 15 is 0 Å². The maximum atomic E-state index is 5.84. The summed E-state index contributed by atoms with van der Waals surface area (Å²) in [6, 6.07) is 1.64. The number of hydrogen-bond donors (Lipinski definition) is 0. The molecule has 0 aliphatic heterocycles. The van der Waals surface area contributed by atoms with Gasteiger partial charge >= 0.3 is 0 Å². The molecular weight excluding hydrogens is 200 g/mol. The summed E-state index contributed by atoms with van der Waals surface area (Å²) in [5, 5.41) is 0.444. The molecule has 3 nitrogen and oxygen atoms in total. The normalized spacial score (nSPS) is 10.6. The highest BCUT2D eigenvalue weighted by Gasteiger charge is 2.04. The van der Waals surface area contributed by atoms with E-state index in [0.29, 0.717) is 11.0 Å². The monoisotopic (exact) mass is 214 g/mol. The maximum Gasteiger partial charge on any atom is 0.218 e. The zero-order valence-corrected chi connectivity index (χ0v) is 9.51. The lowest BCUT2D eigenvalue weighted by Crippen LogP contribution is -2.08. The lowest BCUT2D eigenvalue weighted by molar-refractivity contribution is 0.231.